The van der Waals surface area contributed by atoms with Gasteiger partial charge in [-0.1, -0.05) is 106 Å². The number of halogens is 2. The topological polar surface area (TPSA) is 215 Å². The average Bonchev–Trinajstić information content (AvgIpc) is 3.65. The molecule has 0 bridgehead atoms. The predicted octanol–water partition coefficient (Wildman–Crippen LogP) is 4.12. The van der Waals surface area contributed by atoms with Crippen LogP contribution in [0.1, 0.15) is 89.3 Å². The summed E-state index contributed by atoms with van der Waals surface area (Å²) in [6.45, 7) is 5.17. The van der Waals surface area contributed by atoms with E-state index in [0.717, 1.165) is 19.3 Å². The van der Waals surface area contributed by atoms with Crippen molar-refractivity contribution < 1.29 is 43.0 Å². The Morgan fingerprint density at radius 1 is 0.914 bits per heavy atom. The average molecular weight is 846 g/mol. The molecule has 1 saturated carbocycles. The highest BCUT2D eigenvalue weighted by atomic mass is 35.5. The molecule has 316 valence electrons. The first-order chi connectivity index (χ1) is 27.7. The van der Waals surface area contributed by atoms with E-state index in [1.807, 2.05) is 13.8 Å². The number of hydrogen-bond donors (Lipinski definition) is 5. The van der Waals surface area contributed by atoms with Crippen LogP contribution in [0.15, 0.2) is 48.5 Å². The third-order valence-corrected chi connectivity index (χ3v) is 10.8. The molecule has 0 aromatic heterocycles. The summed E-state index contributed by atoms with van der Waals surface area (Å²) in [5, 5.41) is 10.9. The second-order valence-corrected chi connectivity index (χ2v) is 16.0. The molecular formula is C41H54Cl2N6O9. The summed E-state index contributed by atoms with van der Waals surface area (Å²) < 4.78 is 11.6. The first kappa shape index (κ1) is 46.0. The second-order valence-electron chi connectivity index (χ2n) is 15.1. The van der Waals surface area contributed by atoms with E-state index < -0.39 is 78.2 Å². The van der Waals surface area contributed by atoms with E-state index in [1.165, 1.54) is 4.90 Å². The fraction of sp³-hybridized carbons (Fsp3) is 0.537. The number of nitrogens with zero attached hydrogens (tertiary/aromatic N) is 1. The minimum absolute atomic E-state index is 0.00144. The van der Waals surface area contributed by atoms with Gasteiger partial charge in [-0.25, -0.2) is 4.79 Å². The molecule has 1 heterocycles. The van der Waals surface area contributed by atoms with Crippen LogP contribution in [0.5, 0.6) is 0 Å². The Morgan fingerprint density at radius 2 is 1.62 bits per heavy atom. The zero-order chi connectivity index (χ0) is 42.4. The second kappa shape index (κ2) is 22.4. The number of Topliss-reactive ketones (excluding diaryl/α,β-unsaturated/α-hetero) is 1. The number of amides is 6. The third kappa shape index (κ3) is 13.4. The molecule has 1 saturated heterocycles. The van der Waals surface area contributed by atoms with Gasteiger partial charge in [0.2, 0.25) is 29.4 Å². The Balaban J connectivity index is 1.50. The largest absolute Gasteiger partial charge is 0.449 e. The zero-order valence-corrected chi connectivity index (χ0v) is 34.6. The standard InChI is InChI=1S/C41H54Cl2N6O9/c1-4-11-31(36(51)39(54)45-20-33(50)47-34(37(44)52)26-12-7-5-8-13-26)46-38(53)32-19-28(57-23-25-16-17-29(42)30(43)18-25)21-49(32)40(55)35(27-14-9-6-10-15-27)48-41(56)58-22-24(2)3/h5,7-8,12-13,16-18,24,27-28,31-32,34-35H,4,6,9-11,14-15,19-23H2,1-3H3,(H2,44,52)(H,45,54)(H,46,53)(H,47,50)(H,48,56)/t28-,31?,32?,34?,35?/m1/s1. The summed E-state index contributed by atoms with van der Waals surface area (Å²) in [6, 6.07) is 8.75. The summed E-state index contributed by atoms with van der Waals surface area (Å²) in [5.74, 6) is -5.03. The molecule has 2 aliphatic rings. The zero-order valence-electron chi connectivity index (χ0n) is 33.1. The molecule has 1 aliphatic heterocycles. The van der Waals surface area contributed by atoms with Gasteiger partial charge in [-0.2, -0.15) is 0 Å². The highest BCUT2D eigenvalue weighted by Gasteiger charge is 2.45. The maximum atomic E-state index is 14.5. The molecule has 4 rings (SSSR count). The van der Waals surface area contributed by atoms with Crippen molar-refractivity contribution in [2.45, 2.75) is 109 Å². The predicted molar refractivity (Wildman–Crippen MR) is 216 cm³/mol. The minimum atomic E-state index is -1.30. The lowest BCUT2D eigenvalue weighted by Crippen LogP contribution is -2.58. The number of nitrogens with two attached hydrogens (primary N) is 1. The molecule has 2 fully saturated rings. The van der Waals surface area contributed by atoms with Gasteiger partial charge in [-0.05, 0) is 54.4 Å². The Kier molecular flexibility index (Phi) is 17.8. The van der Waals surface area contributed by atoms with Crippen molar-refractivity contribution in [3.8, 4) is 0 Å². The molecular weight excluding hydrogens is 791 g/mol. The number of ketones is 1. The normalized spacial score (nSPS) is 18.4. The van der Waals surface area contributed by atoms with E-state index in [1.54, 1.807) is 55.5 Å². The lowest BCUT2D eigenvalue weighted by Gasteiger charge is -2.34. The van der Waals surface area contributed by atoms with Crippen molar-refractivity contribution in [3.63, 3.8) is 0 Å². The molecule has 6 amide bonds. The lowest BCUT2D eigenvalue weighted by atomic mass is 9.83. The molecule has 58 heavy (non-hydrogen) atoms. The molecule has 1 aliphatic carbocycles. The summed E-state index contributed by atoms with van der Waals surface area (Å²) in [4.78, 5) is 94.3. The van der Waals surface area contributed by atoms with Crippen molar-refractivity contribution in [2.24, 2.45) is 17.6 Å². The summed E-state index contributed by atoms with van der Waals surface area (Å²) in [5.41, 5.74) is 6.63. The Bertz CT molecular complexity index is 1780. The van der Waals surface area contributed by atoms with Crippen LogP contribution >= 0.6 is 23.2 Å². The molecule has 6 N–H and O–H groups in total. The van der Waals surface area contributed by atoms with E-state index >= 15 is 0 Å². The maximum Gasteiger partial charge on any atom is 0.407 e. The SMILES string of the molecule is CCCC(NC(=O)C1C[C@@H](OCc2ccc(Cl)c(Cl)c2)CN1C(=O)C(NC(=O)OCC(C)C)C1CCCCC1)C(=O)C(=O)NCC(=O)NC(C(N)=O)c1ccccc1. The number of alkyl carbamates (subject to hydrolysis) is 1. The molecule has 17 heteroatoms. The summed E-state index contributed by atoms with van der Waals surface area (Å²) >= 11 is 12.3. The van der Waals surface area contributed by atoms with Crippen LogP contribution in [0.25, 0.3) is 0 Å². The molecule has 0 radical (unpaired) electrons. The molecule has 15 nitrogen and oxygen atoms in total. The summed E-state index contributed by atoms with van der Waals surface area (Å²) in [7, 11) is 0. The van der Waals surface area contributed by atoms with Crippen LogP contribution < -0.4 is 27.0 Å². The van der Waals surface area contributed by atoms with Crippen molar-refractivity contribution in [1.82, 2.24) is 26.2 Å². The van der Waals surface area contributed by atoms with Crippen LogP contribution in [0, 0.1) is 11.8 Å². The number of carbonyl (C=O) groups is 7. The summed E-state index contributed by atoms with van der Waals surface area (Å²) in [6.07, 6.45) is 3.30. The van der Waals surface area contributed by atoms with Crippen LogP contribution in [-0.2, 0) is 44.8 Å². The first-order valence-corrected chi connectivity index (χ1v) is 20.5. The fourth-order valence-electron chi connectivity index (χ4n) is 7.10. The number of benzene rings is 2. The Morgan fingerprint density at radius 3 is 2.26 bits per heavy atom. The van der Waals surface area contributed by atoms with E-state index in [4.69, 9.17) is 38.4 Å². The number of rotatable bonds is 19. The van der Waals surface area contributed by atoms with Crippen molar-refractivity contribution >= 4 is 64.6 Å². The van der Waals surface area contributed by atoms with Gasteiger partial charge in [0.1, 0.15) is 18.1 Å². The fourth-order valence-corrected chi connectivity index (χ4v) is 7.42. The highest BCUT2D eigenvalue weighted by molar-refractivity contribution is 6.42. The van der Waals surface area contributed by atoms with E-state index in [0.29, 0.717) is 40.4 Å². The molecule has 0 spiro atoms. The van der Waals surface area contributed by atoms with Crippen LogP contribution in [0.3, 0.4) is 0 Å². The van der Waals surface area contributed by atoms with Gasteiger partial charge in [-0.3, -0.25) is 28.8 Å². The lowest BCUT2D eigenvalue weighted by molar-refractivity contribution is -0.143. The van der Waals surface area contributed by atoms with Gasteiger partial charge in [0, 0.05) is 13.0 Å². The van der Waals surface area contributed by atoms with Gasteiger partial charge in [0.15, 0.2) is 0 Å². The van der Waals surface area contributed by atoms with Crippen molar-refractivity contribution in [1.29, 1.82) is 0 Å². The molecule has 4 unspecified atom stereocenters. The van der Waals surface area contributed by atoms with Crippen molar-refractivity contribution in [2.75, 3.05) is 19.7 Å². The van der Waals surface area contributed by atoms with Crippen LogP contribution in [-0.4, -0.2) is 90.2 Å². The maximum absolute atomic E-state index is 14.5. The van der Waals surface area contributed by atoms with Gasteiger partial charge < -0.3 is 41.4 Å². The van der Waals surface area contributed by atoms with Gasteiger partial charge in [0.05, 0.1) is 41.9 Å². The highest BCUT2D eigenvalue weighted by Crippen LogP contribution is 2.31. The number of carbonyl (C=O) groups excluding carboxylic acids is 7. The quantitative estimate of drug-likeness (QED) is 0.128. The van der Waals surface area contributed by atoms with E-state index in [2.05, 4.69) is 21.3 Å². The molecule has 5 atom stereocenters. The number of ether oxygens (including phenoxy) is 2. The number of nitrogens with one attached hydrogen (secondary N) is 4. The van der Waals surface area contributed by atoms with Crippen LogP contribution in [0.2, 0.25) is 10.0 Å². The van der Waals surface area contributed by atoms with Gasteiger partial charge in [-0.15, -0.1) is 0 Å². The molecule has 2 aromatic carbocycles. The monoisotopic (exact) mass is 844 g/mol. The van der Waals surface area contributed by atoms with Crippen molar-refractivity contribution in [3.05, 3.63) is 69.7 Å². The number of likely N-dealkylation sites (tertiary alicyclic amines) is 1. The van der Waals surface area contributed by atoms with Gasteiger partial charge >= 0.3 is 6.09 Å². The Hall–Kier alpha value is -4.73. The van der Waals surface area contributed by atoms with E-state index in [9.17, 15) is 33.6 Å². The Labute approximate surface area is 348 Å². The first-order valence-electron chi connectivity index (χ1n) is 19.7. The number of hydrogen-bond acceptors (Lipinski definition) is 9. The molecule has 2 aromatic rings. The minimum Gasteiger partial charge on any atom is -0.449 e. The van der Waals surface area contributed by atoms with Gasteiger partial charge in [0.25, 0.3) is 5.91 Å². The third-order valence-electron chi connectivity index (χ3n) is 10.1. The van der Waals surface area contributed by atoms with Crippen LogP contribution in [0.4, 0.5) is 4.79 Å². The number of primary amides is 1. The van der Waals surface area contributed by atoms with E-state index in [-0.39, 0.29) is 44.4 Å². The smallest absolute Gasteiger partial charge is 0.407 e.